The summed E-state index contributed by atoms with van der Waals surface area (Å²) in [5.74, 6) is -0.823. The lowest BCUT2D eigenvalue weighted by molar-refractivity contribution is -0.151. The molecule has 3 N–H and O–H groups in total. The minimum absolute atomic E-state index is 0.00152. The molecule has 0 saturated carbocycles. The molecule has 2 heterocycles. The summed E-state index contributed by atoms with van der Waals surface area (Å²) in [6, 6.07) is 0. The number of aliphatic hydroxyl groups is 3. The fraction of sp³-hybridized carbons (Fsp3) is 0.704. The monoisotopic (exact) mass is 508 g/mol. The van der Waals surface area contributed by atoms with E-state index in [0.29, 0.717) is 13.1 Å². The topological polar surface area (TPSA) is 120 Å². The third-order valence-corrected chi connectivity index (χ3v) is 6.85. The Morgan fingerprint density at radius 2 is 1.97 bits per heavy atom. The first kappa shape index (κ1) is 30.0. The van der Waals surface area contributed by atoms with Gasteiger partial charge in [0.1, 0.15) is 11.7 Å². The zero-order chi connectivity index (χ0) is 26.9. The maximum Gasteiger partial charge on any atom is 0.410 e. The number of likely N-dealkylation sites (N-methyl/N-ethyl adjacent to an activating group) is 1. The Kier molecular flexibility index (Phi) is 11.6. The van der Waals surface area contributed by atoms with Crippen molar-refractivity contribution in [2.75, 3.05) is 39.8 Å². The van der Waals surface area contributed by atoms with Crippen LogP contribution in [0, 0.1) is 11.8 Å². The van der Waals surface area contributed by atoms with Crippen molar-refractivity contribution in [1.29, 1.82) is 0 Å². The average Bonchev–Trinajstić information content (AvgIpc) is 2.83. The van der Waals surface area contributed by atoms with Crippen LogP contribution in [0.25, 0.3) is 0 Å². The summed E-state index contributed by atoms with van der Waals surface area (Å²) in [6.45, 7) is 9.82. The van der Waals surface area contributed by atoms with Crippen molar-refractivity contribution in [3.8, 4) is 0 Å². The number of amides is 1. The molecule has 1 fully saturated rings. The molecule has 0 aromatic carbocycles. The van der Waals surface area contributed by atoms with E-state index in [1.165, 1.54) is 0 Å². The number of hydrogen-bond acceptors (Lipinski definition) is 8. The Hall–Kier alpha value is -2.20. The molecule has 0 aliphatic carbocycles. The number of cyclic esters (lactones) is 1. The zero-order valence-corrected chi connectivity index (χ0v) is 22.3. The third kappa shape index (κ3) is 9.35. The molecular weight excluding hydrogens is 464 g/mol. The highest BCUT2D eigenvalue weighted by Gasteiger charge is 2.36. The molecule has 6 atom stereocenters. The van der Waals surface area contributed by atoms with Crippen LogP contribution in [0.5, 0.6) is 0 Å². The van der Waals surface area contributed by atoms with Gasteiger partial charge in [-0.3, -0.25) is 4.79 Å². The minimum atomic E-state index is -1.44. The first-order chi connectivity index (χ1) is 16.9. The summed E-state index contributed by atoms with van der Waals surface area (Å²) in [5, 5.41) is 30.8. The van der Waals surface area contributed by atoms with E-state index in [1.54, 1.807) is 24.0 Å². The molecule has 0 spiro atoms. The molecule has 0 radical (unpaired) electrons. The Labute approximate surface area is 215 Å². The SMILES string of the molecule is C/C(=C\C=C\[C@@H](C)CO)[C@H]1OC(=O)C[C@H](O)CC[C@@](C)(O)[C@@H](OC(=O)N2CCN(C)CC2)/C=C\[C@@H]1C. The predicted octanol–water partition coefficient (Wildman–Crippen LogP) is 2.27. The highest BCUT2D eigenvalue weighted by molar-refractivity contribution is 5.70. The van der Waals surface area contributed by atoms with Crippen LogP contribution in [0.1, 0.15) is 47.0 Å². The molecule has 9 nitrogen and oxygen atoms in total. The van der Waals surface area contributed by atoms with Crippen molar-refractivity contribution >= 4 is 12.1 Å². The van der Waals surface area contributed by atoms with E-state index in [2.05, 4.69) is 4.90 Å². The van der Waals surface area contributed by atoms with Gasteiger partial charge in [-0.25, -0.2) is 4.79 Å². The lowest BCUT2D eigenvalue weighted by Crippen LogP contribution is -2.50. The maximum atomic E-state index is 12.9. The van der Waals surface area contributed by atoms with Gasteiger partial charge in [-0.1, -0.05) is 38.2 Å². The lowest BCUT2D eigenvalue weighted by Gasteiger charge is -2.36. The number of piperazine rings is 1. The van der Waals surface area contributed by atoms with Crippen LogP contribution in [0.15, 0.2) is 36.0 Å². The van der Waals surface area contributed by atoms with Crippen molar-refractivity contribution < 1.29 is 34.4 Å². The second-order valence-corrected chi connectivity index (χ2v) is 10.5. The van der Waals surface area contributed by atoms with E-state index in [1.807, 2.05) is 46.0 Å². The van der Waals surface area contributed by atoms with E-state index < -0.39 is 36.0 Å². The second kappa shape index (κ2) is 13.9. The molecule has 0 aromatic rings. The molecular formula is C27H44N2O7. The van der Waals surface area contributed by atoms with Crippen LogP contribution in [-0.2, 0) is 14.3 Å². The normalized spacial score (nSPS) is 33.4. The smallest absolute Gasteiger partial charge is 0.410 e. The van der Waals surface area contributed by atoms with E-state index in [0.717, 1.165) is 18.7 Å². The van der Waals surface area contributed by atoms with Crippen LogP contribution in [0.3, 0.4) is 0 Å². The summed E-state index contributed by atoms with van der Waals surface area (Å²) in [7, 11) is 2.00. The summed E-state index contributed by atoms with van der Waals surface area (Å²) < 4.78 is 11.5. The number of allylic oxidation sites excluding steroid dienone is 2. The zero-order valence-electron chi connectivity index (χ0n) is 22.3. The van der Waals surface area contributed by atoms with Gasteiger partial charge in [0, 0.05) is 38.7 Å². The fourth-order valence-corrected chi connectivity index (χ4v) is 4.18. The van der Waals surface area contributed by atoms with Crippen LogP contribution in [0.4, 0.5) is 4.79 Å². The molecule has 0 bridgehead atoms. The number of hydrogen-bond donors (Lipinski definition) is 3. The van der Waals surface area contributed by atoms with Crippen molar-refractivity contribution in [1.82, 2.24) is 9.80 Å². The molecule has 1 saturated heterocycles. The summed E-state index contributed by atoms with van der Waals surface area (Å²) in [4.78, 5) is 29.2. The Morgan fingerprint density at radius 1 is 1.31 bits per heavy atom. The van der Waals surface area contributed by atoms with Crippen molar-refractivity contribution in [3.05, 3.63) is 36.0 Å². The van der Waals surface area contributed by atoms with Gasteiger partial charge in [0.15, 0.2) is 6.10 Å². The molecule has 204 valence electrons. The predicted molar refractivity (Wildman–Crippen MR) is 137 cm³/mol. The molecule has 2 aliphatic heterocycles. The van der Waals surface area contributed by atoms with Crippen molar-refractivity contribution in [2.45, 2.75) is 70.9 Å². The standard InChI is InChI=1S/C27H44N2O7/c1-19(18-30)7-6-8-20(2)25-21(3)9-10-23(35-26(33)29-15-13-28(5)14-16-29)27(4,34)12-11-22(31)17-24(32)36-25/h6-10,19,21-23,25,30-31,34H,11-18H2,1-5H3/b7-6+,10-9-,20-8+/t19-,21+,22-,23+,25-,27-/m1/s1. The van der Waals surface area contributed by atoms with E-state index in [9.17, 15) is 24.9 Å². The van der Waals surface area contributed by atoms with Crippen LogP contribution in [-0.4, -0.2) is 101 Å². The van der Waals surface area contributed by atoms with Crippen LogP contribution in [0.2, 0.25) is 0 Å². The number of nitrogens with zero attached hydrogens (tertiary/aromatic N) is 2. The minimum Gasteiger partial charge on any atom is -0.457 e. The average molecular weight is 509 g/mol. The third-order valence-electron chi connectivity index (χ3n) is 6.85. The van der Waals surface area contributed by atoms with Gasteiger partial charge in [-0.05, 0) is 51.3 Å². The number of ether oxygens (including phenoxy) is 2. The van der Waals surface area contributed by atoms with E-state index in [-0.39, 0.29) is 37.7 Å². The van der Waals surface area contributed by atoms with Crippen LogP contribution >= 0.6 is 0 Å². The van der Waals surface area contributed by atoms with Gasteiger partial charge in [0.05, 0.1) is 12.5 Å². The first-order valence-corrected chi connectivity index (χ1v) is 12.8. The molecule has 2 aliphatic rings. The van der Waals surface area contributed by atoms with Gasteiger partial charge in [-0.15, -0.1) is 0 Å². The Balaban J connectivity index is 2.29. The summed E-state index contributed by atoms with van der Waals surface area (Å²) in [5.41, 5.74) is -0.655. The second-order valence-electron chi connectivity index (χ2n) is 10.5. The maximum absolute atomic E-state index is 12.9. The quantitative estimate of drug-likeness (QED) is 0.294. The van der Waals surface area contributed by atoms with Crippen molar-refractivity contribution in [3.63, 3.8) is 0 Å². The molecule has 9 heteroatoms. The summed E-state index contributed by atoms with van der Waals surface area (Å²) >= 11 is 0. The largest absolute Gasteiger partial charge is 0.457 e. The molecule has 0 aromatic heterocycles. The van der Waals surface area contributed by atoms with Gasteiger partial charge in [0.2, 0.25) is 0 Å². The number of esters is 1. The molecule has 0 unspecified atom stereocenters. The number of carbonyl (C=O) groups is 2. The Morgan fingerprint density at radius 3 is 2.61 bits per heavy atom. The van der Waals surface area contributed by atoms with Gasteiger partial charge in [0.25, 0.3) is 0 Å². The highest BCUT2D eigenvalue weighted by atomic mass is 16.6. The molecule has 2 rings (SSSR count). The van der Waals surface area contributed by atoms with E-state index in [4.69, 9.17) is 9.47 Å². The number of rotatable bonds is 5. The fourth-order valence-electron chi connectivity index (χ4n) is 4.18. The first-order valence-electron chi connectivity index (χ1n) is 12.8. The number of aliphatic hydroxyl groups excluding tert-OH is 2. The van der Waals surface area contributed by atoms with Crippen molar-refractivity contribution in [2.24, 2.45) is 11.8 Å². The highest BCUT2D eigenvalue weighted by Crippen LogP contribution is 2.27. The van der Waals surface area contributed by atoms with E-state index >= 15 is 0 Å². The lowest BCUT2D eigenvalue weighted by atomic mass is 9.89. The van der Waals surface area contributed by atoms with Gasteiger partial charge < -0.3 is 34.6 Å². The molecule has 1 amide bonds. The summed E-state index contributed by atoms with van der Waals surface area (Å²) in [6.07, 6.45) is 6.01. The van der Waals surface area contributed by atoms with Gasteiger partial charge >= 0.3 is 12.1 Å². The number of carbonyl (C=O) groups excluding carboxylic acids is 2. The van der Waals surface area contributed by atoms with Gasteiger partial charge in [-0.2, -0.15) is 0 Å². The molecule has 36 heavy (non-hydrogen) atoms. The van der Waals surface area contributed by atoms with Crippen LogP contribution < -0.4 is 0 Å². The Bertz CT molecular complexity index is 815.